The number of allylic oxidation sites excluding steroid dienone is 2. The second-order valence-electron chi connectivity index (χ2n) is 9.11. The molecule has 0 spiro atoms. The number of hydrogen-bond donors (Lipinski definition) is 2. The largest absolute Gasteiger partial charge is 0.481 e. The van der Waals surface area contributed by atoms with Crippen molar-refractivity contribution in [3.8, 4) is 0 Å². The van der Waals surface area contributed by atoms with Crippen molar-refractivity contribution in [1.29, 1.82) is 0 Å². The van der Waals surface area contributed by atoms with Gasteiger partial charge in [-0.15, -0.1) is 11.3 Å². The van der Waals surface area contributed by atoms with E-state index < -0.39 is 23.8 Å². The lowest BCUT2D eigenvalue weighted by Crippen LogP contribution is -2.38. The van der Waals surface area contributed by atoms with E-state index in [2.05, 4.69) is 5.32 Å². The van der Waals surface area contributed by atoms with Crippen molar-refractivity contribution in [1.82, 2.24) is 0 Å². The Morgan fingerprint density at radius 3 is 2.39 bits per heavy atom. The monoisotopic (exact) mass is 445 g/mol. The van der Waals surface area contributed by atoms with Gasteiger partial charge < -0.3 is 15.2 Å². The van der Waals surface area contributed by atoms with Gasteiger partial charge in [0.1, 0.15) is 5.00 Å². The van der Waals surface area contributed by atoms with Crippen LogP contribution in [-0.4, -0.2) is 29.6 Å². The summed E-state index contributed by atoms with van der Waals surface area (Å²) in [5.41, 5.74) is 3.77. The van der Waals surface area contributed by atoms with Gasteiger partial charge in [0, 0.05) is 4.88 Å². The van der Waals surface area contributed by atoms with Gasteiger partial charge in [-0.3, -0.25) is 9.59 Å². The highest BCUT2D eigenvalue weighted by Gasteiger charge is 2.57. The van der Waals surface area contributed by atoms with Crippen LogP contribution < -0.4 is 5.32 Å². The summed E-state index contributed by atoms with van der Waals surface area (Å²) in [7, 11) is 0. The zero-order valence-electron chi connectivity index (χ0n) is 18.5. The van der Waals surface area contributed by atoms with Crippen LogP contribution in [0.25, 0.3) is 0 Å². The number of nitrogens with one attached hydrogen (secondary N) is 1. The van der Waals surface area contributed by atoms with Crippen molar-refractivity contribution in [3.05, 3.63) is 27.2 Å². The Morgan fingerprint density at radius 2 is 1.74 bits per heavy atom. The molecule has 1 amide bonds. The highest BCUT2D eigenvalue weighted by Crippen LogP contribution is 2.57. The number of carboxylic acid groups (broad SMARTS) is 1. The quantitative estimate of drug-likeness (QED) is 0.385. The fourth-order valence-corrected chi connectivity index (χ4v) is 7.33. The Kier molecular flexibility index (Phi) is 6.24. The second-order valence-corrected chi connectivity index (χ2v) is 10.2. The van der Waals surface area contributed by atoms with Gasteiger partial charge in [0.2, 0.25) is 5.91 Å². The number of hydrogen-bond acceptors (Lipinski definition) is 5. The fourth-order valence-electron chi connectivity index (χ4n) is 6.05. The van der Waals surface area contributed by atoms with Crippen LogP contribution in [-0.2, 0) is 27.2 Å². The van der Waals surface area contributed by atoms with Crippen LogP contribution >= 0.6 is 11.3 Å². The number of aryl methyl sites for hydroxylation is 1. The van der Waals surface area contributed by atoms with Crippen LogP contribution in [0, 0.1) is 23.7 Å². The number of aliphatic carboxylic acids is 1. The lowest BCUT2D eigenvalue weighted by Gasteiger charge is -2.26. The molecule has 3 aliphatic carbocycles. The minimum Gasteiger partial charge on any atom is -0.481 e. The molecular formula is C24H31NO5S. The smallest absolute Gasteiger partial charge is 0.341 e. The van der Waals surface area contributed by atoms with Gasteiger partial charge in [0.05, 0.1) is 24.0 Å². The van der Waals surface area contributed by atoms with Crippen molar-refractivity contribution < 1.29 is 24.2 Å². The fraction of sp³-hybridized carbons (Fsp3) is 0.625. The Balaban J connectivity index is 1.68. The number of ether oxygens (including phenoxy) is 1. The first-order chi connectivity index (χ1) is 14.8. The molecule has 2 bridgehead atoms. The summed E-state index contributed by atoms with van der Waals surface area (Å²) in [6, 6.07) is 0. The number of carbonyl (C=O) groups excluding carboxylic acids is 2. The molecule has 0 saturated heterocycles. The maximum Gasteiger partial charge on any atom is 0.341 e. The molecule has 0 aromatic carbocycles. The third-order valence-corrected chi connectivity index (χ3v) is 8.35. The van der Waals surface area contributed by atoms with E-state index in [1.165, 1.54) is 11.3 Å². The average Bonchev–Trinajstić information content (AvgIpc) is 3.32. The predicted octanol–water partition coefficient (Wildman–Crippen LogP) is 4.83. The van der Waals surface area contributed by atoms with E-state index in [-0.39, 0.29) is 24.3 Å². The van der Waals surface area contributed by atoms with Crippen molar-refractivity contribution >= 4 is 34.2 Å². The van der Waals surface area contributed by atoms with E-state index in [0.29, 0.717) is 10.6 Å². The third-order valence-electron chi connectivity index (χ3n) is 7.14. The molecule has 0 aliphatic heterocycles. The minimum atomic E-state index is -0.904. The van der Waals surface area contributed by atoms with Crippen LogP contribution in [0.4, 0.5) is 5.00 Å². The van der Waals surface area contributed by atoms with E-state index in [1.54, 1.807) is 6.92 Å². The maximum absolute atomic E-state index is 13.5. The number of esters is 1. The number of anilines is 1. The van der Waals surface area contributed by atoms with E-state index in [1.807, 2.05) is 13.8 Å². The highest BCUT2D eigenvalue weighted by molar-refractivity contribution is 7.17. The molecule has 31 heavy (non-hydrogen) atoms. The van der Waals surface area contributed by atoms with Gasteiger partial charge in [0.15, 0.2) is 0 Å². The van der Waals surface area contributed by atoms with Gasteiger partial charge in [-0.1, -0.05) is 17.6 Å². The number of thiophene rings is 1. The van der Waals surface area contributed by atoms with Crippen molar-refractivity contribution in [2.24, 2.45) is 23.7 Å². The Labute approximate surface area is 187 Å². The molecule has 6 nitrogen and oxygen atoms in total. The predicted molar refractivity (Wildman–Crippen MR) is 119 cm³/mol. The van der Waals surface area contributed by atoms with Crippen molar-refractivity contribution in [2.45, 2.75) is 65.7 Å². The summed E-state index contributed by atoms with van der Waals surface area (Å²) < 4.78 is 5.31. The molecular weight excluding hydrogens is 414 g/mol. The Bertz CT molecular complexity index is 942. The molecule has 168 valence electrons. The molecule has 1 heterocycles. The van der Waals surface area contributed by atoms with Gasteiger partial charge in [-0.25, -0.2) is 4.79 Å². The first-order valence-corrected chi connectivity index (χ1v) is 12.2. The molecule has 1 aromatic rings. The number of amides is 1. The summed E-state index contributed by atoms with van der Waals surface area (Å²) in [6.07, 6.45) is 6.59. The first kappa shape index (κ1) is 22.1. The zero-order valence-corrected chi connectivity index (χ0v) is 19.3. The second kappa shape index (κ2) is 8.77. The Morgan fingerprint density at radius 1 is 1.06 bits per heavy atom. The third kappa shape index (κ3) is 3.81. The molecule has 2 N–H and O–H groups in total. The van der Waals surface area contributed by atoms with E-state index in [9.17, 15) is 19.5 Å². The van der Waals surface area contributed by atoms with Crippen molar-refractivity contribution in [3.63, 3.8) is 0 Å². The van der Waals surface area contributed by atoms with Crippen LogP contribution in [0.1, 0.15) is 73.7 Å². The SMILES string of the molecule is CCOC(=O)c1c(NC(=O)[C@@H]2[C@@H](C(=O)O)[C@@H]3CC[C@H]2C3=C(C)C)sc2c1CCCCC2. The van der Waals surface area contributed by atoms with Gasteiger partial charge in [-0.2, -0.15) is 0 Å². The highest BCUT2D eigenvalue weighted by atomic mass is 32.1. The lowest BCUT2D eigenvalue weighted by molar-refractivity contribution is -0.148. The van der Waals surface area contributed by atoms with Crippen LogP contribution in [0.2, 0.25) is 0 Å². The van der Waals surface area contributed by atoms with Crippen LogP contribution in [0.5, 0.6) is 0 Å². The van der Waals surface area contributed by atoms with Gasteiger partial charge >= 0.3 is 11.9 Å². The standard InChI is InChI=1S/C24H31NO5S/c1-4-30-24(29)20-13-8-6-5-7-9-16(13)31-22(20)25-21(26)18-14-10-11-15(17(14)12(2)3)19(18)23(27)28/h14-15,18-19H,4-11H2,1-3H3,(H,25,26)(H,27,28)/t14-,15+,18-,19-/m0/s1. The molecule has 0 unspecified atom stereocenters. The molecule has 4 atom stereocenters. The minimum absolute atomic E-state index is 0.0278. The average molecular weight is 446 g/mol. The summed E-state index contributed by atoms with van der Waals surface area (Å²) in [5.74, 6) is -2.97. The van der Waals surface area contributed by atoms with Crippen molar-refractivity contribution in [2.75, 3.05) is 11.9 Å². The van der Waals surface area contributed by atoms with Gasteiger partial charge in [-0.05, 0) is 76.7 Å². The summed E-state index contributed by atoms with van der Waals surface area (Å²) in [6.45, 7) is 6.06. The molecule has 3 aliphatic rings. The summed E-state index contributed by atoms with van der Waals surface area (Å²) >= 11 is 1.46. The first-order valence-electron chi connectivity index (χ1n) is 11.4. The molecule has 2 fully saturated rings. The van der Waals surface area contributed by atoms with Gasteiger partial charge in [0.25, 0.3) is 0 Å². The molecule has 4 rings (SSSR count). The topological polar surface area (TPSA) is 92.7 Å². The zero-order chi connectivity index (χ0) is 22.3. The number of fused-ring (bicyclic) bond motifs is 3. The summed E-state index contributed by atoms with van der Waals surface area (Å²) in [4.78, 5) is 39.5. The van der Waals surface area contributed by atoms with Crippen LogP contribution in [0.3, 0.4) is 0 Å². The number of carboxylic acids is 1. The normalized spacial score (nSPS) is 26.9. The van der Waals surface area contributed by atoms with Crippen LogP contribution in [0.15, 0.2) is 11.1 Å². The number of carbonyl (C=O) groups is 3. The number of rotatable bonds is 5. The van der Waals surface area contributed by atoms with E-state index >= 15 is 0 Å². The molecule has 1 aromatic heterocycles. The Hall–Kier alpha value is -2.15. The van der Waals surface area contributed by atoms with E-state index in [4.69, 9.17) is 4.74 Å². The van der Waals surface area contributed by atoms with E-state index in [0.717, 1.165) is 66.5 Å². The lowest BCUT2D eigenvalue weighted by atomic mass is 9.78. The summed E-state index contributed by atoms with van der Waals surface area (Å²) in [5, 5.41) is 13.4. The molecule has 2 saturated carbocycles. The maximum atomic E-state index is 13.5. The molecule has 0 radical (unpaired) electrons. The molecule has 7 heteroatoms.